The number of carbonyl (C=O) groups excluding carboxylic acids is 1. The second-order valence-electron chi connectivity index (χ2n) is 3.90. The zero-order chi connectivity index (χ0) is 11.5. The van der Waals surface area contributed by atoms with E-state index in [2.05, 4.69) is 10.6 Å². The summed E-state index contributed by atoms with van der Waals surface area (Å²) in [6.07, 6.45) is -5.17. The molecule has 1 saturated heterocycles. The molecule has 1 rings (SSSR count). The molecule has 1 heterocycles. The van der Waals surface area contributed by atoms with Crippen molar-refractivity contribution in [1.29, 1.82) is 0 Å². The van der Waals surface area contributed by atoms with Gasteiger partial charge >= 0.3 is 6.18 Å². The van der Waals surface area contributed by atoms with E-state index >= 15 is 0 Å². The fourth-order valence-corrected chi connectivity index (χ4v) is 1.62. The van der Waals surface area contributed by atoms with Crippen molar-refractivity contribution >= 4 is 5.91 Å². The van der Waals surface area contributed by atoms with E-state index in [4.69, 9.17) is 0 Å². The largest absolute Gasteiger partial charge is 0.390 e. The van der Waals surface area contributed by atoms with Crippen molar-refractivity contribution < 1.29 is 18.0 Å². The molecule has 0 radical (unpaired) electrons. The molecule has 0 saturated carbocycles. The van der Waals surface area contributed by atoms with Gasteiger partial charge in [0.2, 0.25) is 5.91 Å². The van der Waals surface area contributed by atoms with Crippen molar-refractivity contribution in [2.45, 2.75) is 19.5 Å². The summed E-state index contributed by atoms with van der Waals surface area (Å²) in [6.45, 7) is 2.88. The fraction of sp³-hybridized carbons (Fsp3) is 0.889. The molecular formula is C9H15F3N2O. The maximum absolute atomic E-state index is 11.8. The first kappa shape index (κ1) is 12.3. The monoisotopic (exact) mass is 224 g/mol. The van der Waals surface area contributed by atoms with Gasteiger partial charge in [0.05, 0.1) is 12.3 Å². The molecule has 0 aromatic carbocycles. The van der Waals surface area contributed by atoms with Gasteiger partial charge in [-0.05, 0) is 12.5 Å². The molecule has 0 unspecified atom stereocenters. The van der Waals surface area contributed by atoms with Gasteiger partial charge in [-0.1, -0.05) is 6.92 Å². The third-order valence-corrected chi connectivity index (χ3v) is 2.56. The first-order chi connectivity index (χ1) is 6.90. The van der Waals surface area contributed by atoms with Crippen LogP contribution in [-0.4, -0.2) is 31.7 Å². The van der Waals surface area contributed by atoms with Gasteiger partial charge in [-0.2, -0.15) is 13.2 Å². The maximum atomic E-state index is 11.8. The van der Waals surface area contributed by atoms with E-state index in [1.54, 1.807) is 0 Å². The average molecular weight is 224 g/mol. The quantitative estimate of drug-likeness (QED) is 0.748. The van der Waals surface area contributed by atoms with Gasteiger partial charge in [-0.3, -0.25) is 4.79 Å². The molecule has 6 heteroatoms. The highest BCUT2D eigenvalue weighted by atomic mass is 19.4. The molecule has 2 atom stereocenters. The summed E-state index contributed by atoms with van der Waals surface area (Å²) in [4.78, 5) is 11.4. The molecule has 0 aromatic rings. The fourth-order valence-electron chi connectivity index (χ4n) is 1.62. The molecule has 2 N–H and O–H groups in total. The summed E-state index contributed by atoms with van der Waals surface area (Å²) in [5, 5.41) is 5.34. The zero-order valence-electron chi connectivity index (χ0n) is 8.53. The number of amides is 1. The van der Waals surface area contributed by atoms with Crippen LogP contribution >= 0.6 is 0 Å². The Kier molecular flexibility index (Phi) is 3.96. The van der Waals surface area contributed by atoms with Crippen molar-refractivity contribution in [1.82, 2.24) is 10.6 Å². The van der Waals surface area contributed by atoms with Gasteiger partial charge in [0, 0.05) is 13.1 Å². The number of hydrogen-bond donors (Lipinski definition) is 2. The zero-order valence-corrected chi connectivity index (χ0v) is 8.53. The number of halogens is 3. The number of hydrogen-bond acceptors (Lipinski definition) is 2. The SMILES string of the molecule is C[C@@H]1CNC[C@H]1C(=O)NCCC(F)(F)F. The molecule has 15 heavy (non-hydrogen) atoms. The van der Waals surface area contributed by atoms with Crippen LogP contribution in [0.3, 0.4) is 0 Å². The summed E-state index contributed by atoms with van der Waals surface area (Å²) in [6, 6.07) is 0. The highest BCUT2D eigenvalue weighted by molar-refractivity contribution is 5.79. The van der Waals surface area contributed by atoms with Crippen LogP contribution in [0.1, 0.15) is 13.3 Å². The molecule has 88 valence electrons. The molecule has 1 amide bonds. The van der Waals surface area contributed by atoms with Crippen LogP contribution in [0.25, 0.3) is 0 Å². The van der Waals surface area contributed by atoms with Crippen molar-refractivity contribution in [3.8, 4) is 0 Å². The van der Waals surface area contributed by atoms with Gasteiger partial charge in [0.15, 0.2) is 0 Å². The van der Waals surface area contributed by atoms with E-state index in [-0.39, 0.29) is 24.3 Å². The highest BCUT2D eigenvalue weighted by Gasteiger charge is 2.31. The van der Waals surface area contributed by atoms with Crippen LogP contribution in [0.2, 0.25) is 0 Å². The lowest BCUT2D eigenvalue weighted by Gasteiger charge is -2.14. The van der Waals surface area contributed by atoms with Crippen molar-refractivity contribution in [2.24, 2.45) is 11.8 Å². The molecule has 1 aliphatic heterocycles. The molecule has 1 aliphatic rings. The minimum atomic E-state index is -4.20. The van der Waals surface area contributed by atoms with E-state index in [1.807, 2.05) is 6.92 Å². The van der Waals surface area contributed by atoms with Crippen molar-refractivity contribution in [3.63, 3.8) is 0 Å². The molecule has 3 nitrogen and oxygen atoms in total. The predicted molar refractivity (Wildman–Crippen MR) is 49.2 cm³/mol. The number of nitrogens with one attached hydrogen (secondary N) is 2. The van der Waals surface area contributed by atoms with Crippen LogP contribution in [-0.2, 0) is 4.79 Å². The molecular weight excluding hydrogens is 209 g/mol. The van der Waals surface area contributed by atoms with Gasteiger partial charge in [-0.25, -0.2) is 0 Å². The predicted octanol–water partition coefficient (Wildman–Crippen LogP) is 0.910. The number of rotatable bonds is 3. The van der Waals surface area contributed by atoms with Gasteiger partial charge in [0.25, 0.3) is 0 Å². The third kappa shape index (κ3) is 4.07. The highest BCUT2D eigenvalue weighted by Crippen LogP contribution is 2.19. The Bertz CT molecular complexity index is 230. The standard InChI is InChI=1S/C9H15F3N2O/c1-6-4-13-5-7(6)8(15)14-3-2-9(10,11)12/h6-7,13H,2-5H2,1H3,(H,14,15)/t6-,7-/m1/s1. The summed E-state index contributed by atoms with van der Waals surface area (Å²) < 4.78 is 35.4. The minimum Gasteiger partial charge on any atom is -0.355 e. The van der Waals surface area contributed by atoms with E-state index in [9.17, 15) is 18.0 Å². The minimum absolute atomic E-state index is 0.191. The van der Waals surface area contributed by atoms with Gasteiger partial charge in [-0.15, -0.1) is 0 Å². The van der Waals surface area contributed by atoms with Crippen molar-refractivity contribution in [2.75, 3.05) is 19.6 Å². The molecule has 0 aromatic heterocycles. The van der Waals surface area contributed by atoms with E-state index < -0.39 is 12.6 Å². The molecule has 0 bridgehead atoms. The second kappa shape index (κ2) is 4.83. The van der Waals surface area contributed by atoms with Crippen molar-refractivity contribution in [3.05, 3.63) is 0 Å². The summed E-state index contributed by atoms with van der Waals surface area (Å²) in [5.74, 6) is -0.286. The Morgan fingerprint density at radius 1 is 1.47 bits per heavy atom. The Hall–Kier alpha value is -0.780. The van der Waals surface area contributed by atoms with Crippen LogP contribution in [0.4, 0.5) is 13.2 Å². The first-order valence-corrected chi connectivity index (χ1v) is 4.95. The molecule has 0 aliphatic carbocycles. The lowest BCUT2D eigenvalue weighted by Crippen LogP contribution is -2.36. The topological polar surface area (TPSA) is 41.1 Å². The normalized spacial score (nSPS) is 26.7. The molecule has 1 fully saturated rings. The Morgan fingerprint density at radius 3 is 2.60 bits per heavy atom. The van der Waals surface area contributed by atoms with Gasteiger partial charge in [0.1, 0.15) is 0 Å². The summed E-state index contributed by atoms with van der Waals surface area (Å²) >= 11 is 0. The van der Waals surface area contributed by atoms with E-state index in [0.717, 1.165) is 6.54 Å². The second-order valence-corrected chi connectivity index (χ2v) is 3.90. The summed E-state index contributed by atoms with van der Waals surface area (Å²) in [7, 11) is 0. The van der Waals surface area contributed by atoms with Crippen LogP contribution < -0.4 is 10.6 Å². The lowest BCUT2D eigenvalue weighted by atomic mass is 9.97. The Labute approximate surface area is 86.4 Å². The molecule has 0 spiro atoms. The van der Waals surface area contributed by atoms with Crippen LogP contribution in [0.15, 0.2) is 0 Å². The van der Waals surface area contributed by atoms with E-state index in [0.29, 0.717) is 6.54 Å². The lowest BCUT2D eigenvalue weighted by molar-refractivity contribution is -0.136. The summed E-state index contributed by atoms with van der Waals surface area (Å²) in [5.41, 5.74) is 0. The maximum Gasteiger partial charge on any atom is 0.390 e. The third-order valence-electron chi connectivity index (χ3n) is 2.56. The smallest absolute Gasteiger partial charge is 0.355 e. The number of carbonyl (C=O) groups is 1. The van der Waals surface area contributed by atoms with E-state index in [1.165, 1.54) is 0 Å². The van der Waals surface area contributed by atoms with Crippen LogP contribution in [0, 0.1) is 11.8 Å². The number of alkyl halides is 3. The Balaban J connectivity index is 2.24. The average Bonchev–Trinajstić information content (AvgIpc) is 2.48. The van der Waals surface area contributed by atoms with Gasteiger partial charge < -0.3 is 10.6 Å². The Morgan fingerprint density at radius 2 is 2.13 bits per heavy atom. The van der Waals surface area contributed by atoms with Crippen LogP contribution in [0.5, 0.6) is 0 Å². The first-order valence-electron chi connectivity index (χ1n) is 4.95.